The third-order valence-corrected chi connectivity index (χ3v) is 3.01. The van der Waals surface area contributed by atoms with Crippen LogP contribution in [-0.2, 0) is 4.74 Å². The van der Waals surface area contributed by atoms with Crippen molar-refractivity contribution in [1.82, 2.24) is 15.0 Å². The van der Waals surface area contributed by atoms with Gasteiger partial charge >= 0.3 is 0 Å². The van der Waals surface area contributed by atoms with Gasteiger partial charge in [0.25, 0.3) is 0 Å². The standard InChI is InChI=1S/C12H13Cl2FN4O/c1-12(2,5-20-3)19-10-6-4-16-9(13)7(15)8(6)17-11(14)18-10/h4H,5H2,1-3H3,(H,17,18,19). The highest BCUT2D eigenvalue weighted by Crippen LogP contribution is 2.28. The van der Waals surface area contributed by atoms with E-state index in [0.717, 1.165) is 0 Å². The first-order valence-corrected chi connectivity index (χ1v) is 6.54. The van der Waals surface area contributed by atoms with Crippen LogP contribution in [-0.4, -0.2) is 34.2 Å². The first kappa shape index (κ1) is 15.2. The summed E-state index contributed by atoms with van der Waals surface area (Å²) in [6.45, 7) is 4.26. The summed E-state index contributed by atoms with van der Waals surface area (Å²) >= 11 is 11.5. The highest BCUT2D eigenvalue weighted by Gasteiger charge is 2.21. The maximum atomic E-state index is 13.9. The monoisotopic (exact) mass is 318 g/mol. The second kappa shape index (κ2) is 5.63. The number of halogens is 3. The molecule has 0 saturated carbocycles. The van der Waals surface area contributed by atoms with Crippen LogP contribution in [0.4, 0.5) is 10.2 Å². The number of nitrogens with zero attached hydrogens (tertiary/aromatic N) is 3. The number of ether oxygens (including phenoxy) is 1. The van der Waals surface area contributed by atoms with Crippen molar-refractivity contribution >= 4 is 39.9 Å². The number of methoxy groups -OCH3 is 1. The molecule has 0 spiro atoms. The number of fused-ring (bicyclic) bond motifs is 1. The number of nitrogens with one attached hydrogen (secondary N) is 1. The van der Waals surface area contributed by atoms with Crippen LogP contribution >= 0.6 is 23.2 Å². The van der Waals surface area contributed by atoms with E-state index in [9.17, 15) is 4.39 Å². The first-order chi connectivity index (χ1) is 9.34. The third kappa shape index (κ3) is 3.08. The fourth-order valence-electron chi connectivity index (χ4n) is 1.82. The summed E-state index contributed by atoms with van der Waals surface area (Å²) in [6.07, 6.45) is 1.41. The smallest absolute Gasteiger partial charge is 0.225 e. The number of pyridine rings is 1. The molecule has 0 aliphatic rings. The van der Waals surface area contributed by atoms with Crippen molar-refractivity contribution in [3.63, 3.8) is 0 Å². The minimum Gasteiger partial charge on any atom is -0.382 e. The van der Waals surface area contributed by atoms with Gasteiger partial charge in [0.1, 0.15) is 11.3 Å². The Labute approximate surface area is 125 Å². The maximum absolute atomic E-state index is 13.9. The average Bonchev–Trinajstić information content (AvgIpc) is 2.33. The Bertz CT molecular complexity index is 651. The van der Waals surface area contributed by atoms with Crippen molar-refractivity contribution in [2.45, 2.75) is 19.4 Å². The molecule has 2 rings (SSSR count). The van der Waals surface area contributed by atoms with Crippen molar-refractivity contribution in [3.05, 3.63) is 22.5 Å². The lowest BCUT2D eigenvalue weighted by atomic mass is 10.1. The molecule has 0 aliphatic heterocycles. The molecular formula is C12H13Cl2FN4O. The van der Waals surface area contributed by atoms with Gasteiger partial charge in [-0.25, -0.2) is 19.3 Å². The van der Waals surface area contributed by atoms with E-state index in [1.54, 1.807) is 7.11 Å². The molecule has 1 N–H and O–H groups in total. The van der Waals surface area contributed by atoms with Gasteiger partial charge in [-0.15, -0.1) is 0 Å². The molecule has 0 unspecified atom stereocenters. The zero-order valence-corrected chi connectivity index (χ0v) is 12.7. The summed E-state index contributed by atoms with van der Waals surface area (Å²) in [5.41, 5.74) is -0.393. The largest absolute Gasteiger partial charge is 0.382 e. The van der Waals surface area contributed by atoms with Crippen molar-refractivity contribution in [2.24, 2.45) is 0 Å². The number of anilines is 1. The molecule has 0 radical (unpaired) electrons. The first-order valence-electron chi connectivity index (χ1n) is 5.78. The predicted molar refractivity (Wildman–Crippen MR) is 76.9 cm³/mol. The second-order valence-corrected chi connectivity index (χ2v) is 5.60. The minimum absolute atomic E-state index is 0.0284. The Morgan fingerprint density at radius 2 is 2.05 bits per heavy atom. The molecule has 108 valence electrons. The lowest BCUT2D eigenvalue weighted by Gasteiger charge is -2.26. The molecular weight excluding hydrogens is 306 g/mol. The molecule has 0 amide bonds. The molecule has 0 bridgehead atoms. The maximum Gasteiger partial charge on any atom is 0.225 e. The topological polar surface area (TPSA) is 59.9 Å². The van der Waals surface area contributed by atoms with Crippen molar-refractivity contribution < 1.29 is 9.13 Å². The van der Waals surface area contributed by atoms with E-state index >= 15 is 0 Å². The van der Waals surface area contributed by atoms with Gasteiger partial charge in [0.15, 0.2) is 11.0 Å². The SMILES string of the molecule is COCC(C)(C)Nc1nc(Cl)nc2c(F)c(Cl)ncc12. The van der Waals surface area contributed by atoms with E-state index in [1.807, 2.05) is 13.8 Å². The Morgan fingerprint density at radius 3 is 2.70 bits per heavy atom. The molecule has 0 saturated heterocycles. The molecule has 0 aliphatic carbocycles. The summed E-state index contributed by atoms with van der Waals surface area (Å²) in [7, 11) is 1.59. The average molecular weight is 319 g/mol. The molecule has 2 aromatic rings. The van der Waals surface area contributed by atoms with Crippen LogP contribution in [0.2, 0.25) is 10.4 Å². The number of aromatic nitrogens is 3. The molecule has 8 heteroatoms. The Hall–Kier alpha value is -1.24. The molecule has 5 nitrogen and oxygen atoms in total. The van der Waals surface area contributed by atoms with Crippen molar-refractivity contribution in [1.29, 1.82) is 0 Å². The number of hydrogen-bond acceptors (Lipinski definition) is 5. The Balaban J connectivity index is 2.56. The Morgan fingerprint density at radius 1 is 1.35 bits per heavy atom. The Kier molecular flexibility index (Phi) is 4.27. The number of hydrogen-bond donors (Lipinski definition) is 1. The van der Waals surface area contributed by atoms with Gasteiger partial charge < -0.3 is 10.1 Å². The van der Waals surface area contributed by atoms with Crippen molar-refractivity contribution in [3.8, 4) is 0 Å². The predicted octanol–water partition coefficient (Wildman–Crippen LogP) is 3.31. The van der Waals surface area contributed by atoms with Crippen LogP contribution in [0.3, 0.4) is 0 Å². The van der Waals surface area contributed by atoms with Crippen LogP contribution < -0.4 is 5.32 Å². The minimum atomic E-state index is -0.721. The summed E-state index contributed by atoms with van der Waals surface area (Å²) in [6, 6.07) is 0. The van der Waals surface area contributed by atoms with Crippen molar-refractivity contribution in [2.75, 3.05) is 19.0 Å². The second-order valence-electron chi connectivity index (χ2n) is 4.91. The summed E-state index contributed by atoms with van der Waals surface area (Å²) < 4.78 is 19.1. The molecule has 2 aromatic heterocycles. The van der Waals surface area contributed by atoms with Gasteiger partial charge in [-0.2, -0.15) is 0 Å². The van der Waals surface area contributed by atoms with E-state index in [0.29, 0.717) is 17.8 Å². The molecule has 0 aromatic carbocycles. The zero-order valence-electron chi connectivity index (χ0n) is 11.2. The van der Waals surface area contributed by atoms with Gasteiger partial charge in [0.05, 0.1) is 17.5 Å². The summed E-state index contributed by atoms with van der Waals surface area (Å²) in [5.74, 6) is -0.341. The normalized spacial score (nSPS) is 11.9. The molecule has 0 atom stereocenters. The fourth-order valence-corrected chi connectivity index (χ4v) is 2.13. The number of rotatable bonds is 4. The van der Waals surface area contributed by atoms with E-state index < -0.39 is 11.4 Å². The quantitative estimate of drug-likeness (QED) is 0.692. The van der Waals surface area contributed by atoms with Crippen LogP contribution in [0.1, 0.15) is 13.8 Å². The summed E-state index contributed by atoms with van der Waals surface area (Å²) in [4.78, 5) is 11.7. The van der Waals surface area contributed by atoms with Gasteiger partial charge in [0, 0.05) is 13.3 Å². The van der Waals surface area contributed by atoms with Crippen LogP contribution in [0.15, 0.2) is 6.20 Å². The van der Waals surface area contributed by atoms with Crippen LogP contribution in [0.25, 0.3) is 10.9 Å². The lowest BCUT2D eigenvalue weighted by molar-refractivity contribution is 0.158. The van der Waals surface area contributed by atoms with E-state index in [2.05, 4.69) is 20.3 Å². The van der Waals surface area contributed by atoms with Gasteiger partial charge in [-0.05, 0) is 25.4 Å². The summed E-state index contributed by atoms with van der Waals surface area (Å²) in [5, 5.41) is 3.21. The van der Waals surface area contributed by atoms with Crippen LogP contribution in [0, 0.1) is 5.82 Å². The van der Waals surface area contributed by atoms with Gasteiger partial charge in [0.2, 0.25) is 5.28 Å². The molecule has 0 fully saturated rings. The van der Waals surface area contributed by atoms with E-state index in [4.69, 9.17) is 27.9 Å². The highest BCUT2D eigenvalue weighted by molar-refractivity contribution is 6.30. The molecule has 20 heavy (non-hydrogen) atoms. The fraction of sp³-hybridized carbons (Fsp3) is 0.417. The van der Waals surface area contributed by atoms with Gasteiger partial charge in [-0.1, -0.05) is 11.6 Å². The zero-order chi connectivity index (χ0) is 14.9. The van der Waals surface area contributed by atoms with E-state index in [1.165, 1.54) is 6.20 Å². The van der Waals surface area contributed by atoms with Gasteiger partial charge in [-0.3, -0.25) is 0 Å². The van der Waals surface area contributed by atoms with Crippen LogP contribution in [0.5, 0.6) is 0 Å². The van der Waals surface area contributed by atoms with E-state index in [-0.39, 0.29) is 16.0 Å². The molecule has 2 heterocycles. The lowest BCUT2D eigenvalue weighted by Crippen LogP contribution is -2.36. The highest BCUT2D eigenvalue weighted by atomic mass is 35.5. The third-order valence-electron chi connectivity index (χ3n) is 2.58.